The number of esters is 1. The van der Waals surface area contributed by atoms with Crippen molar-refractivity contribution in [3.63, 3.8) is 0 Å². The summed E-state index contributed by atoms with van der Waals surface area (Å²) in [6.07, 6.45) is 0. The van der Waals surface area contributed by atoms with E-state index < -0.39 is 17.8 Å². The summed E-state index contributed by atoms with van der Waals surface area (Å²) in [5.74, 6) is -2.12. The summed E-state index contributed by atoms with van der Waals surface area (Å²) in [6.45, 7) is 4.80. The average molecular weight is 334 g/mol. The number of nitrogens with one attached hydrogen (secondary N) is 3. The van der Waals surface area contributed by atoms with E-state index in [1.54, 1.807) is 12.1 Å². The minimum Gasteiger partial charge on any atom is -0.465 e. The molecule has 130 valence electrons. The van der Waals surface area contributed by atoms with Crippen molar-refractivity contribution in [2.45, 2.75) is 0 Å². The van der Waals surface area contributed by atoms with Gasteiger partial charge in [0.05, 0.1) is 18.4 Å². The van der Waals surface area contributed by atoms with Crippen LogP contribution in [0.3, 0.4) is 0 Å². The third-order valence-electron chi connectivity index (χ3n) is 3.71. The maximum atomic E-state index is 12.0. The molecule has 2 rings (SSSR count). The van der Waals surface area contributed by atoms with Crippen LogP contribution in [-0.2, 0) is 14.3 Å². The van der Waals surface area contributed by atoms with Gasteiger partial charge in [0.15, 0.2) is 0 Å². The van der Waals surface area contributed by atoms with Crippen LogP contribution in [0, 0.1) is 0 Å². The molecule has 1 aromatic rings. The Morgan fingerprint density at radius 3 is 2.58 bits per heavy atom. The van der Waals surface area contributed by atoms with Gasteiger partial charge >= 0.3 is 17.8 Å². The van der Waals surface area contributed by atoms with Crippen molar-refractivity contribution in [1.82, 2.24) is 15.5 Å². The van der Waals surface area contributed by atoms with Gasteiger partial charge in [-0.1, -0.05) is 12.1 Å². The highest BCUT2D eigenvalue weighted by molar-refractivity contribution is 6.40. The lowest BCUT2D eigenvalue weighted by atomic mass is 10.2. The number of ether oxygens (including phenoxy) is 1. The standard InChI is InChI=1S/C16H22N4O4/c1-24-16(23)12-4-2-3-5-13(12)19-15(22)14(21)18-8-11-20-9-6-17-7-10-20/h2-5,17H,6-11H2,1H3,(H,18,21)(H,19,22). The molecule has 1 fully saturated rings. The molecule has 0 bridgehead atoms. The normalized spacial score (nSPS) is 14.7. The first-order valence-corrected chi connectivity index (χ1v) is 7.81. The number of nitrogens with zero attached hydrogens (tertiary/aromatic N) is 1. The Morgan fingerprint density at radius 1 is 1.17 bits per heavy atom. The molecule has 8 nitrogen and oxygen atoms in total. The molecular weight excluding hydrogens is 312 g/mol. The van der Waals surface area contributed by atoms with Gasteiger partial charge in [0, 0.05) is 39.3 Å². The summed E-state index contributed by atoms with van der Waals surface area (Å²) in [5.41, 5.74) is 0.438. The lowest BCUT2D eigenvalue weighted by molar-refractivity contribution is -0.136. The highest BCUT2D eigenvalue weighted by Crippen LogP contribution is 2.15. The number of benzene rings is 1. The number of amides is 2. The van der Waals surface area contributed by atoms with E-state index in [9.17, 15) is 14.4 Å². The first kappa shape index (κ1) is 17.9. The van der Waals surface area contributed by atoms with E-state index in [-0.39, 0.29) is 11.3 Å². The molecule has 24 heavy (non-hydrogen) atoms. The van der Waals surface area contributed by atoms with Gasteiger partial charge in [-0.3, -0.25) is 14.5 Å². The third kappa shape index (κ3) is 5.04. The summed E-state index contributed by atoms with van der Waals surface area (Å²) < 4.78 is 4.65. The average Bonchev–Trinajstić information content (AvgIpc) is 2.62. The van der Waals surface area contributed by atoms with E-state index >= 15 is 0 Å². The quantitative estimate of drug-likeness (QED) is 0.493. The summed E-state index contributed by atoms with van der Waals surface area (Å²) >= 11 is 0. The smallest absolute Gasteiger partial charge is 0.339 e. The number of para-hydroxylation sites is 1. The monoisotopic (exact) mass is 334 g/mol. The van der Waals surface area contributed by atoms with E-state index in [0.29, 0.717) is 13.1 Å². The summed E-state index contributed by atoms with van der Waals surface area (Å²) in [4.78, 5) is 37.7. The van der Waals surface area contributed by atoms with Crippen LogP contribution in [0.15, 0.2) is 24.3 Å². The second-order valence-corrected chi connectivity index (χ2v) is 5.34. The largest absolute Gasteiger partial charge is 0.465 e. The topological polar surface area (TPSA) is 99.8 Å². The number of methoxy groups -OCH3 is 1. The molecule has 3 N–H and O–H groups in total. The van der Waals surface area contributed by atoms with Crippen LogP contribution in [0.1, 0.15) is 10.4 Å². The zero-order valence-corrected chi connectivity index (χ0v) is 13.6. The Kier molecular flexibility index (Phi) is 6.71. The van der Waals surface area contributed by atoms with Crippen molar-refractivity contribution >= 4 is 23.5 Å². The molecule has 0 unspecified atom stereocenters. The van der Waals surface area contributed by atoms with Crippen LogP contribution in [0.25, 0.3) is 0 Å². The molecule has 1 aromatic carbocycles. The molecule has 0 aromatic heterocycles. The number of rotatable bonds is 5. The summed E-state index contributed by atoms with van der Waals surface area (Å²) in [5, 5.41) is 8.27. The van der Waals surface area contributed by atoms with Gasteiger partial charge in [-0.25, -0.2) is 4.79 Å². The van der Waals surface area contributed by atoms with Crippen molar-refractivity contribution in [2.75, 3.05) is 51.7 Å². The molecule has 0 saturated carbocycles. The van der Waals surface area contributed by atoms with Gasteiger partial charge in [0.25, 0.3) is 0 Å². The Morgan fingerprint density at radius 2 is 1.88 bits per heavy atom. The SMILES string of the molecule is COC(=O)c1ccccc1NC(=O)C(=O)NCCN1CCNCC1. The van der Waals surface area contributed by atoms with Crippen LogP contribution >= 0.6 is 0 Å². The first-order valence-electron chi connectivity index (χ1n) is 7.81. The number of anilines is 1. The molecule has 0 atom stereocenters. The third-order valence-corrected chi connectivity index (χ3v) is 3.71. The van der Waals surface area contributed by atoms with Crippen molar-refractivity contribution in [2.24, 2.45) is 0 Å². The molecule has 1 heterocycles. The molecule has 0 radical (unpaired) electrons. The molecule has 1 aliphatic rings. The van der Waals surface area contributed by atoms with Gasteiger partial charge in [0.1, 0.15) is 0 Å². The van der Waals surface area contributed by atoms with E-state index in [4.69, 9.17) is 0 Å². The molecule has 0 aliphatic carbocycles. The Bertz CT molecular complexity index is 599. The maximum absolute atomic E-state index is 12.0. The van der Waals surface area contributed by atoms with Gasteiger partial charge in [-0.15, -0.1) is 0 Å². The molecule has 2 amide bonds. The molecule has 1 aliphatic heterocycles. The fraction of sp³-hybridized carbons (Fsp3) is 0.438. The van der Waals surface area contributed by atoms with Gasteiger partial charge in [-0.05, 0) is 12.1 Å². The zero-order valence-electron chi connectivity index (χ0n) is 13.6. The fourth-order valence-corrected chi connectivity index (χ4v) is 2.40. The molecule has 8 heteroatoms. The number of carbonyl (C=O) groups is 3. The van der Waals surface area contributed by atoms with E-state index in [1.165, 1.54) is 19.2 Å². The number of carbonyl (C=O) groups excluding carboxylic acids is 3. The van der Waals surface area contributed by atoms with Crippen molar-refractivity contribution < 1.29 is 19.1 Å². The van der Waals surface area contributed by atoms with Gasteiger partial charge < -0.3 is 20.7 Å². The Hall–Kier alpha value is -2.45. The maximum Gasteiger partial charge on any atom is 0.339 e. The number of piperazine rings is 1. The lowest BCUT2D eigenvalue weighted by Gasteiger charge is -2.26. The summed E-state index contributed by atoms with van der Waals surface area (Å²) in [7, 11) is 1.25. The second kappa shape index (κ2) is 8.99. The number of hydrogen-bond acceptors (Lipinski definition) is 6. The first-order chi connectivity index (χ1) is 11.6. The van der Waals surface area contributed by atoms with Crippen LogP contribution < -0.4 is 16.0 Å². The number of hydrogen-bond donors (Lipinski definition) is 3. The van der Waals surface area contributed by atoms with Crippen LogP contribution in [-0.4, -0.2) is 69.1 Å². The van der Waals surface area contributed by atoms with Crippen LogP contribution in [0.5, 0.6) is 0 Å². The highest BCUT2D eigenvalue weighted by atomic mass is 16.5. The van der Waals surface area contributed by atoms with Crippen LogP contribution in [0.4, 0.5) is 5.69 Å². The van der Waals surface area contributed by atoms with Gasteiger partial charge in [0.2, 0.25) is 0 Å². The van der Waals surface area contributed by atoms with E-state index in [0.717, 1.165) is 26.2 Å². The van der Waals surface area contributed by atoms with Crippen molar-refractivity contribution in [3.05, 3.63) is 29.8 Å². The predicted octanol–water partition coefficient (Wildman–Crippen LogP) is -0.567. The molecule has 0 spiro atoms. The minimum atomic E-state index is -0.813. The second-order valence-electron chi connectivity index (χ2n) is 5.34. The van der Waals surface area contributed by atoms with Crippen molar-refractivity contribution in [3.8, 4) is 0 Å². The summed E-state index contributed by atoms with van der Waals surface area (Å²) in [6, 6.07) is 6.36. The van der Waals surface area contributed by atoms with E-state index in [2.05, 4.69) is 25.6 Å². The zero-order chi connectivity index (χ0) is 17.4. The predicted molar refractivity (Wildman–Crippen MR) is 88.7 cm³/mol. The fourth-order valence-electron chi connectivity index (χ4n) is 2.40. The van der Waals surface area contributed by atoms with E-state index in [1.807, 2.05) is 0 Å². The van der Waals surface area contributed by atoms with Crippen molar-refractivity contribution in [1.29, 1.82) is 0 Å². The lowest BCUT2D eigenvalue weighted by Crippen LogP contribution is -2.47. The minimum absolute atomic E-state index is 0.196. The van der Waals surface area contributed by atoms with Crippen LogP contribution in [0.2, 0.25) is 0 Å². The highest BCUT2D eigenvalue weighted by Gasteiger charge is 2.18. The van der Waals surface area contributed by atoms with Gasteiger partial charge in [-0.2, -0.15) is 0 Å². The molecular formula is C16H22N4O4. The molecule has 1 saturated heterocycles. The Labute approximate surface area is 140 Å². The Balaban J connectivity index is 1.83.